The number of hydrogen-bond donors (Lipinski definition) is 1. The Morgan fingerprint density at radius 2 is 2.00 bits per heavy atom. The summed E-state index contributed by atoms with van der Waals surface area (Å²) in [6, 6.07) is 18.1. The van der Waals surface area contributed by atoms with E-state index in [1.54, 1.807) is 29.2 Å². The number of carbonyl (C=O) groups excluding carboxylic acids is 1. The van der Waals surface area contributed by atoms with Crippen molar-refractivity contribution < 1.29 is 14.3 Å². The smallest absolute Gasteiger partial charge is 0.227 e. The molecule has 1 aliphatic heterocycles. The van der Waals surface area contributed by atoms with Crippen LogP contribution in [0.25, 0.3) is 10.9 Å². The molecule has 2 heterocycles. The van der Waals surface area contributed by atoms with Gasteiger partial charge < -0.3 is 20.1 Å². The number of nitrogen functional groups attached to an aromatic ring is 1. The lowest BCUT2D eigenvalue weighted by atomic mass is 9.98. The number of nitriles is 1. The number of aromatic nitrogens is 2. The molecular weight excluding hydrogens is 466 g/mol. The van der Waals surface area contributed by atoms with Crippen LogP contribution in [0.1, 0.15) is 23.5 Å². The number of amides is 1. The first kappa shape index (κ1) is 22.4. The summed E-state index contributed by atoms with van der Waals surface area (Å²) < 4.78 is 11.4. The Bertz CT molecular complexity index is 1500. The minimum Gasteiger partial charge on any atom is -0.493 e. The van der Waals surface area contributed by atoms with Crippen molar-refractivity contribution in [3.63, 3.8) is 0 Å². The first-order chi connectivity index (χ1) is 17.0. The Morgan fingerprint density at radius 1 is 1.14 bits per heavy atom. The maximum atomic E-state index is 12.9. The summed E-state index contributed by atoms with van der Waals surface area (Å²) in [4.78, 5) is 22.9. The van der Waals surface area contributed by atoms with E-state index in [2.05, 4.69) is 16.0 Å². The minimum absolute atomic E-state index is 0.00122. The number of nitrogens with zero attached hydrogens (tertiary/aromatic N) is 4. The lowest BCUT2D eigenvalue weighted by Crippen LogP contribution is -2.24. The first-order valence-electron chi connectivity index (χ1n) is 10.8. The Kier molecular flexibility index (Phi) is 5.85. The molecule has 0 unspecified atom stereocenters. The number of ether oxygens (including phenoxy) is 2. The molecule has 1 aliphatic rings. The van der Waals surface area contributed by atoms with Crippen molar-refractivity contribution in [1.82, 2.24) is 9.97 Å². The second-order valence-corrected chi connectivity index (χ2v) is 8.51. The van der Waals surface area contributed by atoms with Gasteiger partial charge in [0.05, 0.1) is 23.2 Å². The fourth-order valence-electron chi connectivity index (χ4n) is 4.24. The summed E-state index contributed by atoms with van der Waals surface area (Å²) in [6.45, 7) is 0.483. The number of methoxy groups -OCH3 is 1. The number of halogens is 1. The number of benzene rings is 3. The maximum absolute atomic E-state index is 12.9. The van der Waals surface area contributed by atoms with Gasteiger partial charge in [-0.1, -0.05) is 23.7 Å². The van der Waals surface area contributed by atoms with Gasteiger partial charge in [0.2, 0.25) is 5.91 Å². The molecule has 1 saturated heterocycles. The van der Waals surface area contributed by atoms with E-state index in [4.69, 9.17) is 26.8 Å². The van der Waals surface area contributed by atoms with Crippen LogP contribution in [-0.2, 0) is 4.79 Å². The summed E-state index contributed by atoms with van der Waals surface area (Å²) in [5.41, 5.74) is 8.69. The van der Waals surface area contributed by atoms with E-state index in [0.29, 0.717) is 46.3 Å². The number of nitrogens with two attached hydrogens (primary N) is 1. The van der Waals surface area contributed by atoms with Crippen LogP contribution in [0.2, 0.25) is 5.02 Å². The van der Waals surface area contributed by atoms with E-state index >= 15 is 0 Å². The lowest BCUT2D eigenvalue weighted by Gasteiger charge is -2.18. The highest BCUT2D eigenvalue weighted by molar-refractivity contribution is 6.32. The van der Waals surface area contributed by atoms with Crippen LogP contribution < -0.4 is 20.1 Å². The Labute approximate surface area is 206 Å². The molecular formula is C26H20ClN5O3. The number of rotatable bonds is 5. The van der Waals surface area contributed by atoms with E-state index in [1.807, 2.05) is 30.3 Å². The van der Waals surface area contributed by atoms with Crippen molar-refractivity contribution in [1.29, 1.82) is 5.26 Å². The molecule has 174 valence electrons. The number of fused-ring (bicyclic) bond motifs is 1. The summed E-state index contributed by atoms with van der Waals surface area (Å²) in [5, 5.41) is 10.6. The molecule has 1 atom stereocenters. The average molecular weight is 486 g/mol. The third-order valence-corrected chi connectivity index (χ3v) is 6.36. The molecule has 2 N–H and O–H groups in total. The highest BCUT2D eigenvalue weighted by Crippen LogP contribution is 2.40. The number of carbonyl (C=O) groups is 1. The average Bonchev–Trinajstić information content (AvgIpc) is 3.27. The molecule has 0 spiro atoms. The molecule has 5 rings (SSSR count). The van der Waals surface area contributed by atoms with E-state index < -0.39 is 0 Å². The third-order valence-electron chi connectivity index (χ3n) is 6.04. The minimum atomic E-state index is -0.0738. The highest BCUT2D eigenvalue weighted by Gasteiger charge is 2.32. The summed E-state index contributed by atoms with van der Waals surface area (Å²) in [5.74, 6) is 1.39. The Balaban J connectivity index is 1.44. The zero-order valence-electron chi connectivity index (χ0n) is 18.7. The van der Waals surface area contributed by atoms with Gasteiger partial charge in [-0.2, -0.15) is 5.26 Å². The van der Waals surface area contributed by atoms with Gasteiger partial charge >= 0.3 is 0 Å². The Hall–Kier alpha value is -4.35. The normalized spacial score (nSPS) is 15.3. The molecule has 9 heteroatoms. The standard InChI is InChI=1S/C26H20ClN5O3/c1-34-22-4-2-3-16(12-28)25(22)35-23-9-15(5-7-20(23)27)17-10-24(33)32(13-17)18-6-8-21-19(11-18)26(29)31-14-30-21/h2-9,11,14,17H,10,13H2,1H3,(H2,29,30,31)/t17-/m0/s1. The van der Waals surface area contributed by atoms with Gasteiger partial charge in [0.1, 0.15) is 24.0 Å². The quantitative estimate of drug-likeness (QED) is 0.420. The summed E-state index contributed by atoms with van der Waals surface area (Å²) >= 11 is 6.42. The van der Waals surface area contributed by atoms with Crippen molar-refractivity contribution in [2.45, 2.75) is 12.3 Å². The predicted octanol–water partition coefficient (Wildman–Crippen LogP) is 5.06. The topological polar surface area (TPSA) is 114 Å². The monoisotopic (exact) mass is 485 g/mol. The van der Waals surface area contributed by atoms with Gasteiger partial charge in [0, 0.05) is 30.0 Å². The Morgan fingerprint density at radius 3 is 2.80 bits per heavy atom. The zero-order valence-corrected chi connectivity index (χ0v) is 19.5. The molecule has 0 bridgehead atoms. The molecule has 35 heavy (non-hydrogen) atoms. The third kappa shape index (κ3) is 4.18. The number of anilines is 2. The fourth-order valence-corrected chi connectivity index (χ4v) is 4.40. The van der Waals surface area contributed by atoms with Crippen molar-refractivity contribution >= 4 is 39.9 Å². The van der Waals surface area contributed by atoms with Crippen LogP contribution in [0, 0.1) is 11.3 Å². The van der Waals surface area contributed by atoms with Gasteiger partial charge in [-0.15, -0.1) is 0 Å². The van der Waals surface area contributed by atoms with Crippen LogP contribution in [0.4, 0.5) is 11.5 Å². The van der Waals surface area contributed by atoms with Crippen LogP contribution >= 0.6 is 11.6 Å². The van der Waals surface area contributed by atoms with Crippen LogP contribution in [0.5, 0.6) is 17.2 Å². The molecule has 4 aromatic rings. The zero-order chi connectivity index (χ0) is 24.5. The molecule has 3 aromatic carbocycles. The van der Waals surface area contributed by atoms with Crippen LogP contribution in [0.15, 0.2) is 60.9 Å². The molecule has 0 aliphatic carbocycles. The van der Waals surface area contributed by atoms with Gasteiger partial charge in [0.15, 0.2) is 11.5 Å². The molecule has 8 nitrogen and oxygen atoms in total. The largest absolute Gasteiger partial charge is 0.493 e. The molecule has 1 amide bonds. The second kappa shape index (κ2) is 9.12. The molecule has 0 saturated carbocycles. The van der Waals surface area contributed by atoms with Gasteiger partial charge in [-0.05, 0) is 48.0 Å². The van der Waals surface area contributed by atoms with E-state index in [0.717, 1.165) is 16.8 Å². The molecule has 0 radical (unpaired) electrons. The number of para-hydroxylation sites is 1. The van der Waals surface area contributed by atoms with Crippen molar-refractivity contribution in [3.05, 3.63) is 77.1 Å². The lowest BCUT2D eigenvalue weighted by molar-refractivity contribution is -0.117. The van der Waals surface area contributed by atoms with Gasteiger partial charge in [0.25, 0.3) is 0 Å². The van der Waals surface area contributed by atoms with Crippen molar-refractivity contribution in [2.75, 3.05) is 24.3 Å². The van der Waals surface area contributed by atoms with Gasteiger partial charge in [-0.25, -0.2) is 9.97 Å². The van der Waals surface area contributed by atoms with Crippen molar-refractivity contribution in [2.24, 2.45) is 0 Å². The van der Waals surface area contributed by atoms with E-state index in [-0.39, 0.29) is 17.6 Å². The fraction of sp³-hybridized carbons (Fsp3) is 0.154. The van der Waals surface area contributed by atoms with Gasteiger partial charge in [-0.3, -0.25) is 4.79 Å². The van der Waals surface area contributed by atoms with E-state index in [1.165, 1.54) is 13.4 Å². The SMILES string of the molecule is COc1cccc(C#N)c1Oc1cc([C@H]2CC(=O)N(c3ccc4ncnc(N)c4c3)C2)ccc1Cl. The number of hydrogen-bond acceptors (Lipinski definition) is 7. The van der Waals surface area contributed by atoms with Crippen molar-refractivity contribution in [3.8, 4) is 23.3 Å². The highest BCUT2D eigenvalue weighted by atomic mass is 35.5. The summed E-state index contributed by atoms with van der Waals surface area (Å²) in [6.07, 6.45) is 1.75. The van der Waals surface area contributed by atoms with Crippen LogP contribution in [0.3, 0.4) is 0 Å². The predicted molar refractivity (Wildman–Crippen MR) is 133 cm³/mol. The molecule has 1 aromatic heterocycles. The first-order valence-corrected chi connectivity index (χ1v) is 11.2. The van der Waals surface area contributed by atoms with E-state index in [9.17, 15) is 10.1 Å². The molecule has 1 fully saturated rings. The maximum Gasteiger partial charge on any atom is 0.227 e. The second-order valence-electron chi connectivity index (χ2n) is 8.11. The van der Waals surface area contributed by atoms with Crippen LogP contribution in [-0.4, -0.2) is 29.5 Å². The summed E-state index contributed by atoms with van der Waals surface area (Å²) in [7, 11) is 1.51.